The minimum Gasteiger partial charge on any atom is -0.356 e. The Labute approximate surface area is 126 Å². The third kappa shape index (κ3) is 2.26. The Kier molecular flexibility index (Phi) is 3.14. The number of para-hydroxylation sites is 1. The predicted molar refractivity (Wildman–Crippen MR) is 79.5 cm³/mol. The van der Waals surface area contributed by atoms with Gasteiger partial charge >= 0.3 is 0 Å². The standard InChI is InChI=1S/C16H15N3O3/c20-15(9-13-10-5-2-4-8-14(10)21-19-13)17-16-11-6-1-3-7-12(11)18-22-16/h2,4-5,8H,1,3,6-7,9H2,(H,17,20). The first-order valence-electron chi connectivity index (χ1n) is 7.42. The molecule has 4 rings (SSSR count). The molecule has 1 aliphatic rings. The number of nitrogens with zero attached hydrogens (tertiary/aromatic N) is 2. The van der Waals surface area contributed by atoms with E-state index < -0.39 is 0 Å². The van der Waals surface area contributed by atoms with Gasteiger partial charge in [-0.05, 0) is 37.8 Å². The zero-order valence-corrected chi connectivity index (χ0v) is 12.0. The number of fused-ring (bicyclic) bond motifs is 2. The van der Waals surface area contributed by atoms with E-state index in [9.17, 15) is 4.79 Å². The molecule has 0 radical (unpaired) electrons. The van der Waals surface area contributed by atoms with Gasteiger partial charge in [-0.2, -0.15) is 0 Å². The molecule has 22 heavy (non-hydrogen) atoms. The molecule has 0 bridgehead atoms. The van der Waals surface area contributed by atoms with Crippen molar-refractivity contribution in [1.29, 1.82) is 0 Å². The maximum atomic E-state index is 12.2. The van der Waals surface area contributed by atoms with Gasteiger partial charge in [0.1, 0.15) is 5.69 Å². The lowest BCUT2D eigenvalue weighted by atomic mass is 9.98. The molecule has 6 nitrogen and oxygen atoms in total. The molecule has 6 heteroatoms. The van der Waals surface area contributed by atoms with Crippen LogP contribution in [-0.4, -0.2) is 16.2 Å². The molecule has 0 fully saturated rings. The fourth-order valence-electron chi connectivity index (χ4n) is 2.88. The van der Waals surface area contributed by atoms with Crippen LogP contribution in [0.25, 0.3) is 11.0 Å². The van der Waals surface area contributed by atoms with Crippen molar-refractivity contribution in [3.8, 4) is 0 Å². The normalized spacial score (nSPS) is 14.0. The molecule has 112 valence electrons. The Morgan fingerprint density at radius 3 is 2.95 bits per heavy atom. The van der Waals surface area contributed by atoms with E-state index in [-0.39, 0.29) is 12.3 Å². The fourth-order valence-corrected chi connectivity index (χ4v) is 2.88. The lowest BCUT2D eigenvalue weighted by molar-refractivity contribution is -0.115. The van der Waals surface area contributed by atoms with Crippen LogP contribution >= 0.6 is 0 Å². The van der Waals surface area contributed by atoms with Crippen molar-refractivity contribution in [3.05, 3.63) is 41.2 Å². The van der Waals surface area contributed by atoms with Crippen LogP contribution in [0.4, 0.5) is 5.88 Å². The molecule has 0 spiro atoms. The van der Waals surface area contributed by atoms with Crippen LogP contribution in [0.15, 0.2) is 33.3 Å². The topological polar surface area (TPSA) is 81.2 Å². The summed E-state index contributed by atoms with van der Waals surface area (Å²) in [5.74, 6) is 0.302. The number of carbonyl (C=O) groups excluding carboxylic acids is 1. The summed E-state index contributed by atoms with van der Waals surface area (Å²) in [5, 5.41) is 11.7. The van der Waals surface area contributed by atoms with Gasteiger partial charge < -0.3 is 9.05 Å². The highest BCUT2D eigenvalue weighted by Gasteiger charge is 2.21. The van der Waals surface area contributed by atoms with Crippen LogP contribution in [-0.2, 0) is 24.1 Å². The lowest BCUT2D eigenvalue weighted by Gasteiger charge is -2.09. The van der Waals surface area contributed by atoms with Crippen LogP contribution in [0, 0.1) is 0 Å². The van der Waals surface area contributed by atoms with Crippen molar-refractivity contribution in [2.24, 2.45) is 0 Å². The number of rotatable bonds is 3. The number of nitrogens with one attached hydrogen (secondary N) is 1. The zero-order valence-electron chi connectivity index (χ0n) is 12.0. The number of aryl methyl sites for hydroxylation is 1. The largest absolute Gasteiger partial charge is 0.356 e. The lowest BCUT2D eigenvalue weighted by Crippen LogP contribution is -2.16. The molecular weight excluding hydrogens is 282 g/mol. The van der Waals surface area contributed by atoms with E-state index in [1.54, 1.807) is 0 Å². The summed E-state index contributed by atoms with van der Waals surface area (Å²) < 4.78 is 10.5. The van der Waals surface area contributed by atoms with E-state index in [0.717, 1.165) is 42.3 Å². The van der Waals surface area contributed by atoms with Crippen molar-refractivity contribution in [3.63, 3.8) is 0 Å². The van der Waals surface area contributed by atoms with E-state index in [4.69, 9.17) is 9.05 Å². The van der Waals surface area contributed by atoms with E-state index in [2.05, 4.69) is 15.6 Å². The Balaban J connectivity index is 1.52. The molecule has 3 aromatic rings. The van der Waals surface area contributed by atoms with Gasteiger partial charge in [0.15, 0.2) is 5.58 Å². The molecule has 1 N–H and O–H groups in total. The second-order valence-corrected chi connectivity index (χ2v) is 5.49. The van der Waals surface area contributed by atoms with Gasteiger partial charge in [0.25, 0.3) is 0 Å². The number of hydrogen-bond acceptors (Lipinski definition) is 5. The van der Waals surface area contributed by atoms with E-state index in [1.807, 2.05) is 24.3 Å². The minimum atomic E-state index is -0.177. The third-order valence-electron chi connectivity index (χ3n) is 3.99. The van der Waals surface area contributed by atoms with Crippen molar-refractivity contribution in [2.45, 2.75) is 32.1 Å². The predicted octanol–water partition coefficient (Wildman–Crippen LogP) is 2.88. The summed E-state index contributed by atoms with van der Waals surface area (Å²) in [6, 6.07) is 7.49. The van der Waals surface area contributed by atoms with E-state index in [0.29, 0.717) is 17.2 Å². The molecule has 2 heterocycles. The fraction of sp³-hybridized carbons (Fsp3) is 0.312. The first-order chi connectivity index (χ1) is 10.8. The molecular formula is C16H15N3O3. The summed E-state index contributed by atoms with van der Waals surface area (Å²) in [4.78, 5) is 12.2. The van der Waals surface area contributed by atoms with Gasteiger partial charge in [0, 0.05) is 10.9 Å². The van der Waals surface area contributed by atoms with Gasteiger partial charge in [-0.1, -0.05) is 22.4 Å². The first-order valence-corrected chi connectivity index (χ1v) is 7.42. The van der Waals surface area contributed by atoms with Crippen LogP contribution in [0.2, 0.25) is 0 Å². The van der Waals surface area contributed by atoms with Crippen molar-refractivity contribution >= 4 is 22.8 Å². The smallest absolute Gasteiger partial charge is 0.234 e. The highest BCUT2D eigenvalue weighted by Crippen LogP contribution is 2.27. The van der Waals surface area contributed by atoms with Crippen molar-refractivity contribution in [1.82, 2.24) is 10.3 Å². The average Bonchev–Trinajstić information content (AvgIpc) is 3.13. The molecule has 0 saturated carbocycles. The second kappa shape index (κ2) is 5.29. The average molecular weight is 297 g/mol. The van der Waals surface area contributed by atoms with Crippen LogP contribution in [0.3, 0.4) is 0 Å². The highest BCUT2D eigenvalue weighted by atomic mass is 16.5. The summed E-state index contributed by atoms with van der Waals surface area (Å²) >= 11 is 0. The molecule has 1 amide bonds. The molecule has 1 aliphatic carbocycles. The molecule has 0 atom stereocenters. The Hall–Kier alpha value is -2.63. The Bertz CT molecular complexity index is 834. The Morgan fingerprint density at radius 2 is 2.00 bits per heavy atom. The maximum Gasteiger partial charge on any atom is 0.234 e. The first kappa shape index (κ1) is 13.1. The van der Waals surface area contributed by atoms with E-state index in [1.165, 1.54) is 0 Å². The van der Waals surface area contributed by atoms with Gasteiger partial charge in [0.05, 0.1) is 12.1 Å². The molecule has 1 aromatic carbocycles. The van der Waals surface area contributed by atoms with Gasteiger partial charge in [-0.25, -0.2) is 0 Å². The summed E-state index contributed by atoms with van der Waals surface area (Å²) in [5.41, 5.74) is 3.31. The van der Waals surface area contributed by atoms with Gasteiger partial charge in [0.2, 0.25) is 11.8 Å². The van der Waals surface area contributed by atoms with Crippen LogP contribution in [0.1, 0.15) is 29.8 Å². The molecule has 0 saturated heterocycles. The van der Waals surface area contributed by atoms with Gasteiger partial charge in [-0.15, -0.1) is 0 Å². The number of carbonyl (C=O) groups is 1. The maximum absolute atomic E-state index is 12.2. The van der Waals surface area contributed by atoms with Crippen molar-refractivity contribution in [2.75, 3.05) is 5.32 Å². The summed E-state index contributed by atoms with van der Waals surface area (Å²) in [7, 11) is 0. The molecule has 0 unspecified atom stereocenters. The SMILES string of the molecule is O=C(Cc1noc2ccccc12)Nc1onc2c1CCCC2. The zero-order chi connectivity index (χ0) is 14.9. The summed E-state index contributed by atoms with van der Waals surface area (Å²) in [6.07, 6.45) is 4.19. The van der Waals surface area contributed by atoms with E-state index >= 15 is 0 Å². The Morgan fingerprint density at radius 1 is 1.14 bits per heavy atom. The quantitative estimate of drug-likeness (QED) is 0.804. The van der Waals surface area contributed by atoms with Crippen molar-refractivity contribution < 1.29 is 13.8 Å². The minimum absolute atomic E-state index is 0.145. The third-order valence-corrected chi connectivity index (χ3v) is 3.99. The summed E-state index contributed by atoms with van der Waals surface area (Å²) in [6.45, 7) is 0. The van der Waals surface area contributed by atoms with Crippen LogP contribution in [0.5, 0.6) is 0 Å². The molecule has 0 aliphatic heterocycles. The number of benzene rings is 1. The van der Waals surface area contributed by atoms with Crippen LogP contribution < -0.4 is 5.32 Å². The number of aromatic nitrogens is 2. The van der Waals surface area contributed by atoms with Gasteiger partial charge in [-0.3, -0.25) is 10.1 Å². The monoisotopic (exact) mass is 297 g/mol. The second-order valence-electron chi connectivity index (χ2n) is 5.49. The number of anilines is 1. The highest BCUT2D eigenvalue weighted by molar-refractivity contribution is 5.94. The number of amides is 1. The molecule has 2 aromatic heterocycles. The number of hydrogen-bond donors (Lipinski definition) is 1.